The number of benzene rings is 3. The van der Waals surface area contributed by atoms with Crippen molar-refractivity contribution < 1.29 is 13.9 Å². The quantitative estimate of drug-likeness (QED) is 0.414. The van der Waals surface area contributed by atoms with Gasteiger partial charge in [0.15, 0.2) is 0 Å². The van der Waals surface area contributed by atoms with Crippen molar-refractivity contribution in [3.05, 3.63) is 95.9 Å². The molecule has 0 atom stereocenters. The zero-order chi connectivity index (χ0) is 24.4. The van der Waals surface area contributed by atoms with Gasteiger partial charge in [0, 0.05) is 31.7 Å². The van der Waals surface area contributed by atoms with Crippen molar-refractivity contribution in [2.24, 2.45) is 0 Å². The van der Waals surface area contributed by atoms with Gasteiger partial charge in [0.1, 0.15) is 17.3 Å². The second kappa shape index (κ2) is 9.62. The molecule has 4 aromatic rings. The standard InChI is InChI=1S/C28H27FN4O2/c1-20-8-7-9-21(18-20)33-26(19-24(30-33)22-10-3-4-11-23(22)29)28(34)32-16-14-31(15-17-32)25-12-5-6-13-27(25)35-2/h3-13,18-19H,14-17H2,1-2H3. The third-order valence-electron chi connectivity index (χ3n) is 6.32. The minimum Gasteiger partial charge on any atom is -0.495 e. The number of piperazine rings is 1. The minimum absolute atomic E-state index is 0.124. The Bertz CT molecular complexity index is 1360. The number of amides is 1. The molecule has 7 heteroatoms. The summed E-state index contributed by atoms with van der Waals surface area (Å²) in [7, 11) is 1.66. The van der Waals surface area contributed by atoms with E-state index in [4.69, 9.17) is 4.74 Å². The molecule has 0 spiro atoms. The number of carbonyl (C=O) groups is 1. The van der Waals surface area contributed by atoms with Crippen molar-refractivity contribution in [3.63, 3.8) is 0 Å². The summed E-state index contributed by atoms with van der Waals surface area (Å²) in [6.07, 6.45) is 0. The van der Waals surface area contributed by atoms with Crippen molar-refractivity contribution in [2.45, 2.75) is 6.92 Å². The third kappa shape index (κ3) is 4.49. The smallest absolute Gasteiger partial charge is 0.272 e. The first-order valence-electron chi connectivity index (χ1n) is 11.6. The van der Waals surface area contributed by atoms with E-state index in [2.05, 4.69) is 10.00 Å². The summed E-state index contributed by atoms with van der Waals surface area (Å²) in [6.45, 7) is 4.48. The topological polar surface area (TPSA) is 50.6 Å². The van der Waals surface area contributed by atoms with E-state index in [1.807, 2.05) is 60.4 Å². The molecule has 1 fully saturated rings. The Labute approximate surface area is 204 Å². The number of rotatable bonds is 5. The Balaban J connectivity index is 1.45. The Hall–Kier alpha value is -4.13. The zero-order valence-electron chi connectivity index (χ0n) is 19.8. The molecule has 1 aliphatic rings. The molecule has 2 heterocycles. The van der Waals surface area contributed by atoms with Gasteiger partial charge in [-0.05, 0) is 55.0 Å². The molecule has 0 radical (unpaired) electrons. The fourth-order valence-corrected chi connectivity index (χ4v) is 4.49. The minimum atomic E-state index is -0.370. The SMILES string of the molecule is COc1ccccc1N1CCN(C(=O)c2cc(-c3ccccc3F)nn2-c2cccc(C)c2)CC1. The molecule has 0 bridgehead atoms. The average molecular weight is 471 g/mol. The van der Waals surface area contributed by atoms with Gasteiger partial charge in [-0.3, -0.25) is 4.79 Å². The number of hydrogen-bond acceptors (Lipinski definition) is 4. The summed E-state index contributed by atoms with van der Waals surface area (Å²) in [5.74, 6) is 0.325. The van der Waals surface area contributed by atoms with E-state index >= 15 is 0 Å². The van der Waals surface area contributed by atoms with E-state index in [9.17, 15) is 9.18 Å². The van der Waals surface area contributed by atoms with Crippen molar-refractivity contribution >= 4 is 11.6 Å². The number of halogens is 1. The predicted molar refractivity (Wildman–Crippen MR) is 135 cm³/mol. The van der Waals surface area contributed by atoms with Gasteiger partial charge in [-0.1, -0.05) is 36.4 Å². The summed E-state index contributed by atoms with van der Waals surface area (Å²) >= 11 is 0. The van der Waals surface area contributed by atoms with Crippen LogP contribution in [0.5, 0.6) is 5.75 Å². The molecular formula is C28H27FN4O2. The van der Waals surface area contributed by atoms with Crippen LogP contribution in [0.25, 0.3) is 16.9 Å². The van der Waals surface area contributed by atoms with Crippen molar-refractivity contribution in [3.8, 4) is 22.7 Å². The van der Waals surface area contributed by atoms with Gasteiger partial charge in [-0.25, -0.2) is 9.07 Å². The van der Waals surface area contributed by atoms with Crippen molar-refractivity contribution in [1.82, 2.24) is 14.7 Å². The highest BCUT2D eigenvalue weighted by Gasteiger charge is 2.27. The molecule has 0 unspecified atom stereocenters. The summed E-state index contributed by atoms with van der Waals surface area (Å²) < 4.78 is 21.7. The van der Waals surface area contributed by atoms with Crippen molar-refractivity contribution in [2.75, 3.05) is 38.2 Å². The molecule has 1 amide bonds. The van der Waals surface area contributed by atoms with E-state index in [0.717, 1.165) is 22.7 Å². The molecule has 1 aliphatic heterocycles. The molecule has 0 aliphatic carbocycles. The van der Waals surface area contributed by atoms with Crippen LogP contribution in [0, 0.1) is 12.7 Å². The Morgan fingerprint density at radius 2 is 1.66 bits per heavy atom. The lowest BCUT2D eigenvalue weighted by atomic mass is 10.1. The lowest BCUT2D eigenvalue weighted by molar-refractivity contribution is 0.0737. The number of hydrogen-bond donors (Lipinski definition) is 0. The first kappa shape index (κ1) is 22.7. The highest BCUT2D eigenvalue weighted by Crippen LogP contribution is 2.29. The summed E-state index contributed by atoms with van der Waals surface area (Å²) in [5.41, 5.74) is 4.06. The van der Waals surface area contributed by atoms with Gasteiger partial charge >= 0.3 is 0 Å². The lowest BCUT2D eigenvalue weighted by Crippen LogP contribution is -2.49. The summed E-state index contributed by atoms with van der Waals surface area (Å²) in [4.78, 5) is 17.8. The van der Waals surface area contributed by atoms with E-state index < -0.39 is 0 Å². The highest BCUT2D eigenvalue weighted by molar-refractivity contribution is 5.94. The van der Waals surface area contributed by atoms with Crippen LogP contribution in [0.15, 0.2) is 78.9 Å². The molecule has 0 saturated carbocycles. The van der Waals surface area contributed by atoms with Gasteiger partial charge in [0.2, 0.25) is 0 Å². The summed E-state index contributed by atoms with van der Waals surface area (Å²) in [6, 6.07) is 23.9. The van der Waals surface area contributed by atoms with E-state index in [1.165, 1.54) is 6.07 Å². The van der Waals surface area contributed by atoms with E-state index in [-0.39, 0.29) is 11.7 Å². The second-order valence-corrected chi connectivity index (χ2v) is 8.60. The van der Waals surface area contributed by atoms with Gasteiger partial charge < -0.3 is 14.5 Å². The normalized spacial score (nSPS) is 13.7. The fraction of sp³-hybridized carbons (Fsp3) is 0.214. The van der Waals surface area contributed by atoms with Gasteiger partial charge in [0.05, 0.1) is 24.2 Å². The van der Waals surface area contributed by atoms with E-state index in [0.29, 0.717) is 43.1 Å². The van der Waals surface area contributed by atoms with Crippen LogP contribution in [-0.4, -0.2) is 53.9 Å². The van der Waals surface area contributed by atoms with Crippen LogP contribution in [0.2, 0.25) is 0 Å². The van der Waals surface area contributed by atoms with Crippen LogP contribution >= 0.6 is 0 Å². The molecule has 6 nitrogen and oxygen atoms in total. The molecule has 1 aromatic heterocycles. The summed E-state index contributed by atoms with van der Waals surface area (Å²) in [5, 5.41) is 4.66. The maximum atomic E-state index is 14.5. The first-order valence-corrected chi connectivity index (χ1v) is 11.6. The number of aryl methyl sites for hydroxylation is 1. The monoisotopic (exact) mass is 470 g/mol. The van der Waals surface area contributed by atoms with Crippen LogP contribution in [-0.2, 0) is 0 Å². The molecule has 0 N–H and O–H groups in total. The Kier molecular flexibility index (Phi) is 6.23. The number of ether oxygens (including phenoxy) is 1. The predicted octanol–water partition coefficient (Wildman–Crippen LogP) is 4.96. The van der Waals surface area contributed by atoms with Crippen LogP contribution in [0.3, 0.4) is 0 Å². The van der Waals surface area contributed by atoms with Gasteiger partial charge in [-0.2, -0.15) is 5.10 Å². The van der Waals surface area contributed by atoms with Crippen LogP contribution in [0.1, 0.15) is 16.1 Å². The zero-order valence-corrected chi connectivity index (χ0v) is 19.8. The average Bonchev–Trinajstić information content (AvgIpc) is 3.34. The molecule has 35 heavy (non-hydrogen) atoms. The number of para-hydroxylation sites is 2. The Morgan fingerprint density at radius 3 is 2.40 bits per heavy atom. The van der Waals surface area contributed by atoms with Gasteiger partial charge in [-0.15, -0.1) is 0 Å². The maximum absolute atomic E-state index is 14.5. The van der Waals surface area contributed by atoms with E-state index in [1.54, 1.807) is 36.1 Å². The van der Waals surface area contributed by atoms with Crippen molar-refractivity contribution in [1.29, 1.82) is 0 Å². The number of nitrogens with zero attached hydrogens (tertiary/aromatic N) is 4. The molecule has 3 aromatic carbocycles. The fourth-order valence-electron chi connectivity index (χ4n) is 4.49. The molecular weight excluding hydrogens is 443 g/mol. The maximum Gasteiger partial charge on any atom is 0.272 e. The number of carbonyl (C=O) groups excluding carboxylic acids is 1. The largest absolute Gasteiger partial charge is 0.495 e. The van der Waals surface area contributed by atoms with Gasteiger partial charge in [0.25, 0.3) is 5.91 Å². The molecule has 1 saturated heterocycles. The number of aromatic nitrogens is 2. The van der Waals surface area contributed by atoms with Crippen LogP contribution < -0.4 is 9.64 Å². The molecule has 178 valence electrons. The lowest BCUT2D eigenvalue weighted by Gasteiger charge is -2.36. The third-order valence-corrected chi connectivity index (χ3v) is 6.32. The Morgan fingerprint density at radius 1 is 0.914 bits per heavy atom. The highest BCUT2D eigenvalue weighted by atomic mass is 19.1. The van der Waals surface area contributed by atoms with Crippen LogP contribution in [0.4, 0.5) is 10.1 Å². The first-order chi connectivity index (χ1) is 17.0. The number of anilines is 1. The molecule has 5 rings (SSSR count). The second-order valence-electron chi connectivity index (χ2n) is 8.60. The number of methoxy groups -OCH3 is 1.